The number of amides is 3. The quantitative estimate of drug-likeness (QED) is 0.164. The van der Waals surface area contributed by atoms with E-state index >= 15 is 0 Å². The molecule has 4 aromatic rings. The maximum Gasteiger partial charge on any atom is 0.247 e. The minimum Gasteiger partial charge on any atom is -0.494 e. The molecule has 2 aliphatic rings. The van der Waals surface area contributed by atoms with E-state index in [1.807, 2.05) is 108 Å². The lowest BCUT2D eigenvalue weighted by Crippen LogP contribution is -2.56. The fraction of sp³-hybridized carbons (Fsp3) is 0.333. The summed E-state index contributed by atoms with van der Waals surface area (Å²) >= 11 is 0. The topological polar surface area (TPSA) is 100 Å². The van der Waals surface area contributed by atoms with Gasteiger partial charge >= 0.3 is 0 Å². The molecule has 1 atom stereocenters. The number of ether oxygens (including phenoxy) is 1. The zero-order valence-electron chi connectivity index (χ0n) is 31.8. The second kappa shape index (κ2) is 18.9. The lowest BCUT2D eigenvalue weighted by atomic mass is 10.0. The van der Waals surface area contributed by atoms with E-state index < -0.39 is 6.04 Å². The minimum absolute atomic E-state index is 0.0651. The molecular weight excluding hydrogens is 689 g/mol. The molecule has 4 aromatic carbocycles. The van der Waals surface area contributed by atoms with Gasteiger partial charge in [-0.3, -0.25) is 19.3 Å². The van der Waals surface area contributed by atoms with Crippen LogP contribution in [-0.4, -0.2) is 102 Å². The van der Waals surface area contributed by atoms with Gasteiger partial charge in [-0.1, -0.05) is 66.7 Å². The van der Waals surface area contributed by atoms with Crippen molar-refractivity contribution >= 4 is 29.5 Å². The predicted molar refractivity (Wildman–Crippen MR) is 215 cm³/mol. The summed E-state index contributed by atoms with van der Waals surface area (Å²) in [5, 5.41) is 9.17. The van der Waals surface area contributed by atoms with Crippen LogP contribution < -0.4 is 9.64 Å². The molecule has 284 valence electrons. The molecular formula is C45H50N6O4. The van der Waals surface area contributed by atoms with Gasteiger partial charge in [0.05, 0.1) is 18.2 Å². The van der Waals surface area contributed by atoms with Crippen molar-refractivity contribution in [2.45, 2.75) is 39.4 Å². The molecule has 10 nitrogen and oxygen atoms in total. The second-order valence-corrected chi connectivity index (χ2v) is 14.1. The summed E-state index contributed by atoms with van der Waals surface area (Å²) in [5.41, 5.74) is 5.59. The number of carbonyl (C=O) groups is 3. The van der Waals surface area contributed by atoms with E-state index in [2.05, 4.69) is 28.0 Å². The van der Waals surface area contributed by atoms with E-state index in [0.29, 0.717) is 57.9 Å². The van der Waals surface area contributed by atoms with Crippen molar-refractivity contribution in [1.29, 1.82) is 5.26 Å². The van der Waals surface area contributed by atoms with Crippen LogP contribution in [0.3, 0.4) is 0 Å². The molecule has 6 rings (SSSR count). The maximum atomic E-state index is 14.7. The first-order valence-electron chi connectivity index (χ1n) is 19.1. The molecule has 3 amide bonds. The number of hydrogen-bond acceptors (Lipinski definition) is 7. The van der Waals surface area contributed by atoms with E-state index in [0.717, 1.165) is 53.3 Å². The fourth-order valence-electron chi connectivity index (χ4n) is 7.18. The van der Waals surface area contributed by atoms with E-state index in [4.69, 9.17) is 4.74 Å². The summed E-state index contributed by atoms with van der Waals surface area (Å²) in [7, 11) is 0. The number of nitriles is 1. The highest BCUT2D eigenvalue weighted by atomic mass is 16.5. The highest BCUT2D eigenvalue weighted by molar-refractivity contribution is 5.96. The van der Waals surface area contributed by atoms with Crippen molar-refractivity contribution < 1.29 is 19.1 Å². The number of carbonyl (C=O) groups excluding carboxylic acids is 3. The third kappa shape index (κ3) is 10.6. The van der Waals surface area contributed by atoms with Gasteiger partial charge in [-0.25, -0.2) is 0 Å². The molecule has 2 heterocycles. The van der Waals surface area contributed by atoms with Gasteiger partial charge in [-0.05, 0) is 71.7 Å². The van der Waals surface area contributed by atoms with Gasteiger partial charge in [-0.15, -0.1) is 0 Å². The van der Waals surface area contributed by atoms with Crippen molar-refractivity contribution in [2.75, 3.05) is 63.9 Å². The van der Waals surface area contributed by atoms with Crippen LogP contribution in [0.2, 0.25) is 0 Å². The summed E-state index contributed by atoms with van der Waals surface area (Å²) in [4.78, 5) is 51.0. The Morgan fingerprint density at radius 1 is 0.764 bits per heavy atom. The standard InChI is InChI=1S/C45H50N6O4/c1-3-55-42-20-15-36(16-21-42)17-22-44(53)51(34-40-13-18-41(19-14-40)49-29-27-48(28-30-49)35(2)52)43(31-37-7-5-4-6-8-37)45(54)50-25-23-47(24-26-50)33-39-11-9-38(32-46)10-12-39/h4-22,43H,3,23-31,33-34H2,1-2H3/t43-/m0/s1. The zero-order valence-corrected chi connectivity index (χ0v) is 31.8. The lowest BCUT2D eigenvalue weighted by molar-refractivity contribution is -0.145. The molecule has 0 saturated carbocycles. The number of anilines is 1. The van der Waals surface area contributed by atoms with Gasteiger partial charge in [0.2, 0.25) is 17.7 Å². The van der Waals surface area contributed by atoms with Gasteiger partial charge in [0.1, 0.15) is 11.8 Å². The first-order valence-corrected chi connectivity index (χ1v) is 19.1. The number of nitrogens with zero attached hydrogens (tertiary/aromatic N) is 6. The Kier molecular flexibility index (Phi) is 13.3. The van der Waals surface area contributed by atoms with Gasteiger partial charge in [0.15, 0.2) is 0 Å². The predicted octanol–water partition coefficient (Wildman–Crippen LogP) is 5.62. The van der Waals surface area contributed by atoms with Crippen molar-refractivity contribution in [3.05, 3.63) is 137 Å². The van der Waals surface area contributed by atoms with E-state index in [1.54, 1.807) is 24.0 Å². The largest absolute Gasteiger partial charge is 0.494 e. The number of rotatable bonds is 13. The van der Waals surface area contributed by atoms with Crippen molar-refractivity contribution in [1.82, 2.24) is 19.6 Å². The molecule has 55 heavy (non-hydrogen) atoms. The Bertz CT molecular complexity index is 1940. The highest BCUT2D eigenvalue weighted by Crippen LogP contribution is 2.23. The van der Waals surface area contributed by atoms with Crippen LogP contribution >= 0.6 is 0 Å². The van der Waals surface area contributed by atoms with Crippen molar-refractivity contribution in [3.8, 4) is 11.8 Å². The number of benzene rings is 4. The summed E-state index contributed by atoms with van der Waals surface area (Å²) in [5.74, 6) is 0.555. The maximum absolute atomic E-state index is 14.7. The lowest BCUT2D eigenvalue weighted by Gasteiger charge is -2.39. The third-order valence-electron chi connectivity index (χ3n) is 10.4. The molecule has 10 heteroatoms. The smallest absolute Gasteiger partial charge is 0.247 e. The molecule has 0 aromatic heterocycles. The second-order valence-electron chi connectivity index (χ2n) is 14.1. The first kappa shape index (κ1) is 38.8. The Morgan fingerprint density at radius 3 is 2.02 bits per heavy atom. The average Bonchev–Trinajstić information content (AvgIpc) is 3.23. The van der Waals surface area contributed by atoms with Crippen molar-refractivity contribution in [3.63, 3.8) is 0 Å². The molecule has 0 unspecified atom stereocenters. The molecule has 2 saturated heterocycles. The van der Waals surface area contributed by atoms with Crippen LogP contribution in [0, 0.1) is 11.3 Å². The zero-order chi connectivity index (χ0) is 38.6. The number of piperazine rings is 2. The average molecular weight is 739 g/mol. The fourth-order valence-corrected chi connectivity index (χ4v) is 7.18. The van der Waals surface area contributed by atoms with Gasteiger partial charge in [-0.2, -0.15) is 5.26 Å². The molecule has 0 N–H and O–H groups in total. The monoisotopic (exact) mass is 738 g/mol. The first-order chi connectivity index (χ1) is 26.8. The van der Waals surface area contributed by atoms with Crippen LogP contribution in [0.5, 0.6) is 5.75 Å². The summed E-state index contributed by atoms with van der Waals surface area (Å²) in [6.07, 6.45) is 3.74. The Labute approximate surface area is 324 Å². The molecule has 0 bridgehead atoms. The Balaban J connectivity index is 1.23. The third-order valence-corrected chi connectivity index (χ3v) is 10.4. The van der Waals surface area contributed by atoms with Crippen LogP contribution in [0.25, 0.3) is 6.08 Å². The molecule has 2 fully saturated rings. The molecule has 2 aliphatic heterocycles. The van der Waals surface area contributed by atoms with Crippen LogP contribution in [0.4, 0.5) is 5.69 Å². The van der Waals surface area contributed by atoms with E-state index in [9.17, 15) is 19.6 Å². The summed E-state index contributed by atoms with van der Waals surface area (Å²) in [6, 6.07) is 34.8. The van der Waals surface area contributed by atoms with Gasteiger partial charge < -0.3 is 24.3 Å². The highest BCUT2D eigenvalue weighted by Gasteiger charge is 2.34. The summed E-state index contributed by atoms with van der Waals surface area (Å²) < 4.78 is 5.60. The normalized spacial score (nSPS) is 15.4. The van der Waals surface area contributed by atoms with E-state index in [-0.39, 0.29) is 24.3 Å². The van der Waals surface area contributed by atoms with E-state index in [1.165, 1.54) is 0 Å². The number of hydrogen-bond donors (Lipinski definition) is 0. The Hall–Kier alpha value is -5.92. The SMILES string of the molecule is CCOc1ccc(C=CC(=O)N(Cc2ccc(N3CCN(C(C)=O)CC3)cc2)[C@@H](Cc2ccccc2)C(=O)N2CCN(Cc3ccc(C#N)cc3)CC2)cc1. The van der Waals surface area contributed by atoms with Crippen LogP contribution in [0.15, 0.2) is 109 Å². The molecule has 0 radical (unpaired) electrons. The van der Waals surface area contributed by atoms with Crippen molar-refractivity contribution in [2.24, 2.45) is 0 Å². The Morgan fingerprint density at radius 2 is 1.40 bits per heavy atom. The van der Waals surface area contributed by atoms with Crippen LogP contribution in [-0.2, 0) is 33.9 Å². The summed E-state index contributed by atoms with van der Waals surface area (Å²) in [6.45, 7) is 10.5. The van der Waals surface area contributed by atoms with Gasteiger partial charge in [0.25, 0.3) is 0 Å². The van der Waals surface area contributed by atoms with Gasteiger partial charge in [0, 0.05) is 90.6 Å². The minimum atomic E-state index is -0.732. The molecule has 0 aliphatic carbocycles. The van der Waals surface area contributed by atoms with Crippen LogP contribution in [0.1, 0.15) is 41.7 Å². The molecule has 0 spiro atoms.